The Hall–Kier alpha value is -1.88. The van der Waals surface area contributed by atoms with E-state index in [2.05, 4.69) is 9.83 Å². The molecule has 2 aromatic rings. The van der Waals surface area contributed by atoms with Crippen molar-refractivity contribution in [3.8, 4) is 11.3 Å². The van der Waals surface area contributed by atoms with E-state index in [4.69, 9.17) is 18.2 Å². The Bertz CT molecular complexity index is 776. The van der Waals surface area contributed by atoms with Gasteiger partial charge in [0.15, 0.2) is 5.69 Å². The number of benzene rings is 1. The highest BCUT2D eigenvalue weighted by atomic mass is 35.5. The molecule has 1 aromatic heterocycles. The van der Waals surface area contributed by atoms with Crippen molar-refractivity contribution in [2.45, 2.75) is 0 Å². The van der Waals surface area contributed by atoms with Crippen LogP contribution in [0.25, 0.3) is 16.1 Å². The molecule has 2 rings (SSSR count). The summed E-state index contributed by atoms with van der Waals surface area (Å²) in [6.45, 7) is 7.08. The van der Waals surface area contributed by atoms with Crippen molar-refractivity contribution in [2.24, 2.45) is 0 Å². The second kappa shape index (κ2) is 5.25. The quantitative estimate of drug-likeness (QED) is 0.818. The molecule has 0 bridgehead atoms. The molecule has 0 amide bonds. The van der Waals surface area contributed by atoms with Crippen LogP contribution in [0.1, 0.15) is 0 Å². The molecule has 0 N–H and O–H groups in total. The van der Waals surface area contributed by atoms with E-state index >= 15 is 0 Å². The Balaban J connectivity index is 2.84. The summed E-state index contributed by atoms with van der Waals surface area (Å²) in [7, 11) is -1.13. The van der Waals surface area contributed by atoms with E-state index in [0.29, 0.717) is 5.56 Å². The first-order valence-corrected chi connectivity index (χ1v) is 7.31. The van der Waals surface area contributed by atoms with Crippen LogP contribution in [-0.4, -0.2) is 35.8 Å². The smallest absolute Gasteiger partial charge is 0.356 e. The van der Waals surface area contributed by atoms with Gasteiger partial charge in [-0.1, -0.05) is 30.3 Å². The average Bonchev–Trinajstić information content (AvgIpc) is 2.77. The SMILES string of the molecule is [C-]#[N+]c1nc(Cl)c(-c2ccccc2)n1S(=O)(=O)N(C)C. The molecule has 0 aliphatic rings. The number of aromatic nitrogens is 2. The number of imidazole rings is 1. The van der Waals surface area contributed by atoms with Gasteiger partial charge in [-0.25, -0.2) is 0 Å². The van der Waals surface area contributed by atoms with Crippen molar-refractivity contribution in [3.63, 3.8) is 0 Å². The fraction of sp³-hybridized carbons (Fsp3) is 0.167. The molecule has 1 aromatic carbocycles. The molecule has 0 atom stereocenters. The van der Waals surface area contributed by atoms with Crippen LogP contribution in [0.5, 0.6) is 0 Å². The third-order valence-corrected chi connectivity index (χ3v) is 4.61. The van der Waals surface area contributed by atoms with E-state index in [-0.39, 0.29) is 16.8 Å². The first kappa shape index (κ1) is 14.5. The van der Waals surface area contributed by atoms with Gasteiger partial charge in [0.05, 0.1) is 0 Å². The normalized spacial score (nSPS) is 11.6. The van der Waals surface area contributed by atoms with Gasteiger partial charge in [0, 0.05) is 19.7 Å². The van der Waals surface area contributed by atoms with Crippen LogP contribution in [-0.2, 0) is 10.2 Å². The highest BCUT2D eigenvalue weighted by molar-refractivity contribution is 7.87. The maximum absolute atomic E-state index is 12.4. The minimum absolute atomic E-state index is 0.0207. The van der Waals surface area contributed by atoms with Gasteiger partial charge in [-0.3, -0.25) is 0 Å². The van der Waals surface area contributed by atoms with E-state index in [0.717, 1.165) is 8.28 Å². The lowest BCUT2D eigenvalue weighted by atomic mass is 10.2. The minimum Gasteiger partial charge on any atom is -0.396 e. The van der Waals surface area contributed by atoms with Gasteiger partial charge in [-0.2, -0.15) is 16.7 Å². The molecule has 0 saturated heterocycles. The second-order valence-corrected chi connectivity index (χ2v) is 6.43. The van der Waals surface area contributed by atoms with E-state index in [1.54, 1.807) is 30.3 Å². The van der Waals surface area contributed by atoms with Crippen LogP contribution in [0.15, 0.2) is 30.3 Å². The van der Waals surface area contributed by atoms with E-state index in [1.165, 1.54) is 14.1 Å². The zero-order valence-electron chi connectivity index (χ0n) is 10.8. The topological polar surface area (TPSA) is 59.6 Å². The monoisotopic (exact) mass is 310 g/mol. The number of nitrogens with zero attached hydrogens (tertiary/aromatic N) is 4. The maximum atomic E-state index is 12.4. The highest BCUT2D eigenvalue weighted by Crippen LogP contribution is 2.33. The molecule has 0 fully saturated rings. The number of hydrogen-bond acceptors (Lipinski definition) is 3. The summed E-state index contributed by atoms with van der Waals surface area (Å²) in [5.74, 6) is -0.289. The molecule has 0 aliphatic heterocycles. The van der Waals surface area contributed by atoms with Gasteiger partial charge >= 0.3 is 16.2 Å². The zero-order valence-corrected chi connectivity index (χ0v) is 12.4. The predicted molar refractivity (Wildman–Crippen MR) is 76.9 cm³/mol. The highest BCUT2D eigenvalue weighted by Gasteiger charge is 2.31. The average molecular weight is 311 g/mol. The van der Waals surface area contributed by atoms with Gasteiger partial charge < -0.3 is 4.85 Å². The van der Waals surface area contributed by atoms with Crippen molar-refractivity contribution >= 4 is 27.8 Å². The summed E-state index contributed by atoms with van der Waals surface area (Å²) in [5.41, 5.74) is 0.761. The molecule has 0 radical (unpaired) electrons. The lowest BCUT2D eigenvalue weighted by Crippen LogP contribution is -2.29. The Kier molecular flexibility index (Phi) is 3.81. The fourth-order valence-corrected chi connectivity index (χ4v) is 3.01. The molecule has 0 saturated carbocycles. The molecule has 0 unspecified atom stereocenters. The first-order valence-electron chi connectivity index (χ1n) is 5.53. The Labute approximate surface area is 122 Å². The number of hydrogen-bond donors (Lipinski definition) is 0. The van der Waals surface area contributed by atoms with Gasteiger partial charge in [0.2, 0.25) is 5.15 Å². The van der Waals surface area contributed by atoms with Crippen molar-refractivity contribution in [1.82, 2.24) is 13.3 Å². The predicted octanol–water partition coefficient (Wildman–Crippen LogP) is 2.41. The van der Waals surface area contributed by atoms with Gasteiger partial charge in [0.25, 0.3) is 0 Å². The van der Waals surface area contributed by atoms with Gasteiger partial charge in [-0.15, -0.1) is 11.6 Å². The number of halogens is 1. The molecule has 8 heteroatoms. The third kappa shape index (κ3) is 2.29. The van der Waals surface area contributed by atoms with Crippen molar-refractivity contribution in [2.75, 3.05) is 14.1 Å². The molecule has 0 aliphatic carbocycles. The molecule has 1 heterocycles. The molecular formula is C12H11ClN4O2S. The molecule has 6 nitrogen and oxygen atoms in total. The van der Waals surface area contributed by atoms with Crippen molar-refractivity contribution in [3.05, 3.63) is 46.9 Å². The number of rotatable bonds is 3. The van der Waals surface area contributed by atoms with Gasteiger partial charge in [0.1, 0.15) is 0 Å². The van der Waals surface area contributed by atoms with Crippen LogP contribution in [0.2, 0.25) is 5.15 Å². The first-order chi connectivity index (χ1) is 9.39. The molecule has 104 valence electrons. The van der Waals surface area contributed by atoms with Crippen LogP contribution >= 0.6 is 11.6 Å². The third-order valence-electron chi connectivity index (χ3n) is 2.62. The summed E-state index contributed by atoms with van der Waals surface area (Å²) < 4.78 is 26.6. The van der Waals surface area contributed by atoms with E-state index in [9.17, 15) is 8.42 Å². The standard InChI is InChI=1S/C12H11ClN4O2S/c1-14-12-15-11(13)10(9-7-5-4-6-8-9)17(12)20(18,19)16(2)3/h4-8H,2-3H3. The zero-order chi connectivity index (χ0) is 14.9. The molecule has 20 heavy (non-hydrogen) atoms. The second-order valence-electron chi connectivity index (χ2n) is 4.08. The van der Waals surface area contributed by atoms with E-state index < -0.39 is 10.2 Å². The Morgan fingerprint density at radius 3 is 2.40 bits per heavy atom. The van der Waals surface area contributed by atoms with Crippen LogP contribution in [0.3, 0.4) is 0 Å². The van der Waals surface area contributed by atoms with E-state index in [1.807, 2.05) is 0 Å². The molecule has 0 spiro atoms. The van der Waals surface area contributed by atoms with Crippen LogP contribution in [0, 0.1) is 6.57 Å². The largest absolute Gasteiger partial charge is 0.396 e. The van der Waals surface area contributed by atoms with Crippen LogP contribution in [0.4, 0.5) is 5.95 Å². The Morgan fingerprint density at radius 1 is 1.30 bits per heavy atom. The maximum Gasteiger partial charge on any atom is 0.356 e. The van der Waals surface area contributed by atoms with Crippen molar-refractivity contribution < 1.29 is 8.42 Å². The van der Waals surface area contributed by atoms with Gasteiger partial charge in [-0.05, 0) is 11.6 Å². The lowest BCUT2D eigenvalue weighted by molar-refractivity contribution is 0.512. The summed E-state index contributed by atoms with van der Waals surface area (Å²) in [4.78, 5) is 6.96. The molecular weight excluding hydrogens is 300 g/mol. The Morgan fingerprint density at radius 2 is 1.90 bits per heavy atom. The lowest BCUT2D eigenvalue weighted by Gasteiger charge is -2.13. The minimum atomic E-state index is -3.89. The van der Waals surface area contributed by atoms with Crippen molar-refractivity contribution in [1.29, 1.82) is 0 Å². The fourth-order valence-electron chi connectivity index (χ4n) is 1.65. The summed E-state index contributed by atoms with van der Waals surface area (Å²) in [6, 6.07) is 8.72. The summed E-state index contributed by atoms with van der Waals surface area (Å²) >= 11 is 6.02. The summed E-state index contributed by atoms with van der Waals surface area (Å²) in [6.07, 6.45) is 0. The summed E-state index contributed by atoms with van der Waals surface area (Å²) in [5, 5.41) is -0.0207. The van der Waals surface area contributed by atoms with Crippen LogP contribution < -0.4 is 0 Å².